The standard InChI is InChI=1S/C28H29F3N2O6/c1-26(2)13-19-23(20(34)14-26)27(28(29,30)31,32-24(35)17-7-6-8-18(12-17)37-3)25(36)33(19)15-16-9-10-21(38-4)22(11-16)39-5/h6-12H,13-15H2,1-5H3,(H,32,35)/t27-/m0/s1. The maximum atomic E-state index is 15.0. The zero-order valence-corrected chi connectivity index (χ0v) is 22.2. The number of alkyl halides is 3. The number of carbonyl (C=O) groups is 3. The van der Waals surface area contributed by atoms with E-state index in [2.05, 4.69) is 0 Å². The van der Waals surface area contributed by atoms with Gasteiger partial charge in [-0.3, -0.25) is 14.4 Å². The molecule has 208 valence electrons. The zero-order valence-electron chi connectivity index (χ0n) is 22.2. The third-order valence-corrected chi connectivity index (χ3v) is 6.97. The Balaban J connectivity index is 1.85. The molecule has 0 aromatic heterocycles. The smallest absolute Gasteiger partial charge is 0.425 e. The van der Waals surface area contributed by atoms with Crippen LogP contribution in [-0.4, -0.2) is 55.5 Å². The van der Waals surface area contributed by atoms with Crippen LogP contribution in [0.5, 0.6) is 17.2 Å². The lowest BCUT2D eigenvalue weighted by Crippen LogP contribution is -2.66. The summed E-state index contributed by atoms with van der Waals surface area (Å²) in [7, 11) is 4.20. The number of ether oxygens (including phenoxy) is 3. The van der Waals surface area contributed by atoms with Crippen LogP contribution < -0.4 is 19.5 Å². The summed E-state index contributed by atoms with van der Waals surface area (Å²) in [5.74, 6) is -2.49. The van der Waals surface area contributed by atoms with Crippen molar-refractivity contribution < 1.29 is 41.8 Å². The molecule has 0 saturated carbocycles. The molecule has 1 N–H and O–H groups in total. The topological polar surface area (TPSA) is 94.2 Å². The van der Waals surface area contributed by atoms with Gasteiger partial charge in [-0.2, -0.15) is 13.2 Å². The van der Waals surface area contributed by atoms with Gasteiger partial charge < -0.3 is 24.4 Å². The van der Waals surface area contributed by atoms with Crippen LogP contribution in [-0.2, 0) is 16.1 Å². The highest BCUT2D eigenvalue weighted by molar-refractivity contribution is 6.14. The Hall–Kier alpha value is -4.02. The van der Waals surface area contributed by atoms with Crippen LogP contribution in [0.25, 0.3) is 0 Å². The molecule has 11 heteroatoms. The van der Waals surface area contributed by atoms with Crippen LogP contribution in [0, 0.1) is 5.41 Å². The highest BCUT2D eigenvalue weighted by atomic mass is 19.4. The van der Waals surface area contributed by atoms with Gasteiger partial charge in [0.2, 0.25) is 5.54 Å². The van der Waals surface area contributed by atoms with Crippen molar-refractivity contribution in [3.05, 3.63) is 64.9 Å². The fraction of sp³-hybridized carbons (Fsp3) is 0.393. The van der Waals surface area contributed by atoms with Gasteiger partial charge >= 0.3 is 6.18 Å². The minimum absolute atomic E-state index is 0.0277. The Morgan fingerprint density at radius 1 is 0.974 bits per heavy atom. The Morgan fingerprint density at radius 3 is 2.28 bits per heavy atom. The van der Waals surface area contributed by atoms with Crippen molar-refractivity contribution in [1.29, 1.82) is 0 Å². The SMILES string of the molecule is COc1cccc(C(=O)N[C@]2(C(F)(F)F)C(=O)N(Cc3ccc(OC)c(OC)c3)C3=C2C(=O)CC(C)(C)C3)c1. The second kappa shape index (κ2) is 9.94. The first-order valence-corrected chi connectivity index (χ1v) is 12.1. The zero-order chi connectivity index (χ0) is 28.8. The highest BCUT2D eigenvalue weighted by Gasteiger charge is 2.71. The predicted octanol–water partition coefficient (Wildman–Crippen LogP) is 4.43. The summed E-state index contributed by atoms with van der Waals surface area (Å²) in [5.41, 5.74) is -4.76. The first-order valence-electron chi connectivity index (χ1n) is 12.1. The van der Waals surface area contributed by atoms with Crippen LogP contribution in [0.4, 0.5) is 13.2 Å². The molecule has 39 heavy (non-hydrogen) atoms. The van der Waals surface area contributed by atoms with Crippen molar-refractivity contribution in [3.8, 4) is 17.2 Å². The predicted molar refractivity (Wildman–Crippen MR) is 134 cm³/mol. The van der Waals surface area contributed by atoms with Crippen molar-refractivity contribution >= 4 is 17.6 Å². The Labute approximate surface area is 223 Å². The first kappa shape index (κ1) is 28.0. The summed E-state index contributed by atoms with van der Waals surface area (Å²) in [6, 6.07) is 10.2. The molecular weight excluding hydrogens is 517 g/mol. The van der Waals surface area contributed by atoms with Crippen molar-refractivity contribution in [2.45, 2.75) is 44.9 Å². The summed E-state index contributed by atoms with van der Waals surface area (Å²) in [6.45, 7) is 3.21. The van der Waals surface area contributed by atoms with E-state index < -0.39 is 40.3 Å². The average molecular weight is 547 g/mol. The molecule has 2 aromatic carbocycles. The van der Waals surface area contributed by atoms with Crippen LogP contribution >= 0.6 is 0 Å². The molecule has 1 atom stereocenters. The largest absolute Gasteiger partial charge is 0.497 e. The van der Waals surface area contributed by atoms with E-state index in [1.165, 1.54) is 45.6 Å². The van der Waals surface area contributed by atoms with Gasteiger partial charge in [0.05, 0.1) is 33.4 Å². The van der Waals surface area contributed by atoms with Gasteiger partial charge in [-0.25, -0.2) is 0 Å². The number of Topliss-reactive ketones (excluding diaryl/α,β-unsaturated/α-hetero) is 1. The van der Waals surface area contributed by atoms with Crippen LogP contribution in [0.3, 0.4) is 0 Å². The van der Waals surface area contributed by atoms with E-state index in [0.717, 1.165) is 4.90 Å². The van der Waals surface area contributed by atoms with Gasteiger partial charge in [0, 0.05) is 17.7 Å². The monoisotopic (exact) mass is 546 g/mol. The van der Waals surface area contributed by atoms with Crippen LogP contribution in [0.15, 0.2) is 53.7 Å². The quantitative estimate of drug-likeness (QED) is 0.553. The summed E-state index contributed by atoms with van der Waals surface area (Å²) < 4.78 is 60.7. The third-order valence-electron chi connectivity index (χ3n) is 6.97. The maximum absolute atomic E-state index is 15.0. The fourth-order valence-corrected chi connectivity index (χ4v) is 5.16. The Bertz CT molecular complexity index is 1370. The van der Waals surface area contributed by atoms with Crippen LogP contribution in [0.1, 0.15) is 42.6 Å². The number of amides is 2. The third kappa shape index (κ3) is 4.81. The van der Waals surface area contributed by atoms with Gasteiger partial charge in [-0.1, -0.05) is 26.0 Å². The minimum Gasteiger partial charge on any atom is -0.497 e. The number of ketones is 1. The van der Waals surface area contributed by atoms with E-state index in [0.29, 0.717) is 17.1 Å². The molecule has 2 aliphatic rings. The molecule has 0 fully saturated rings. The van der Waals surface area contributed by atoms with Gasteiger partial charge in [-0.15, -0.1) is 0 Å². The number of carbonyl (C=O) groups excluding carboxylic acids is 3. The number of hydrogen-bond acceptors (Lipinski definition) is 6. The highest BCUT2D eigenvalue weighted by Crippen LogP contribution is 2.52. The Morgan fingerprint density at radius 2 is 1.67 bits per heavy atom. The van der Waals surface area contributed by atoms with Crippen molar-refractivity contribution in [2.75, 3.05) is 21.3 Å². The van der Waals surface area contributed by atoms with Crippen molar-refractivity contribution in [2.24, 2.45) is 5.41 Å². The minimum atomic E-state index is -5.32. The number of allylic oxidation sites excluding steroid dienone is 1. The molecule has 2 amide bonds. The number of rotatable bonds is 7. The second-order valence-electron chi connectivity index (χ2n) is 10.3. The van der Waals surface area contributed by atoms with Crippen molar-refractivity contribution in [1.82, 2.24) is 10.2 Å². The molecule has 1 aliphatic carbocycles. The van der Waals surface area contributed by atoms with Crippen molar-refractivity contribution in [3.63, 3.8) is 0 Å². The number of nitrogens with one attached hydrogen (secondary N) is 1. The fourth-order valence-electron chi connectivity index (χ4n) is 5.16. The normalized spacial score (nSPS) is 20.6. The van der Waals surface area contributed by atoms with E-state index in [1.54, 1.807) is 32.0 Å². The molecule has 0 bridgehead atoms. The van der Waals surface area contributed by atoms with Gasteiger partial charge in [0.1, 0.15) is 5.75 Å². The maximum Gasteiger partial charge on any atom is 0.425 e. The lowest BCUT2D eigenvalue weighted by Gasteiger charge is -2.35. The molecule has 0 radical (unpaired) electrons. The summed E-state index contributed by atoms with van der Waals surface area (Å²) in [5, 5.41) is 1.93. The first-order chi connectivity index (χ1) is 18.3. The molecule has 1 heterocycles. The lowest BCUT2D eigenvalue weighted by atomic mass is 9.72. The lowest BCUT2D eigenvalue weighted by molar-refractivity contribution is -0.190. The summed E-state index contributed by atoms with van der Waals surface area (Å²) in [4.78, 5) is 41.4. The number of benzene rings is 2. The number of hydrogen-bond donors (Lipinski definition) is 1. The number of methoxy groups -OCH3 is 3. The summed E-state index contributed by atoms with van der Waals surface area (Å²) >= 11 is 0. The summed E-state index contributed by atoms with van der Waals surface area (Å²) in [6.07, 6.45) is -5.50. The van der Waals surface area contributed by atoms with E-state index >= 15 is 13.2 Å². The van der Waals surface area contributed by atoms with Gasteiger partial charge in [0.15, 0.2) is 17.3 Å². The number of halogens is 3. The molecule has 8 nitrogen and oxygen atoms in total. The second-order valence-corrected chi connectivity index (χ2v) is 10.3. The molecule has 4 rings (SSSR count). The van der Waals surface area contributed by atoms with E-state index in [9.17, 15) is 14.4 Å². The van der Waals surface area contributed by atoms with E-state index in [4.69, 9.17) is 14.2 Å². The molecular formula is C28H29F3N2O6. The van der Waals surface area contributed by atoms with E-state index in [1.807, 2.05) is 5.32 Å². The molecule has 1 aliphatic heterocycles. The number of nitrogens with zero attached hydrogens (tertiary/aromatic N) is 1. The van der Waals surface area contributed by atoms with Crippen LogP contribution in [0.2, 0.25) is 0 Å². The molecule has 0 spiro atoms. The van der Waals surface area contributed by atoms with Gasteiger partial charge in [0.25, 0.3) is 11.8 Å². The van der Waals surface area contributed by atoms with E-state index in [-0.39, 0.29) is 36.4 Å². The molecule has 2 aromatic rings. The average Bonchev–Trinajstić information content (AvgIpc) is 3.11. The molecule has 0 unspecified atom stereocenters. The van der Waals surface area contributed by atoms with Gasteiger partial charge in [-0.05, 0) is 47.7 Å². The Kier molecular flexibility index (Phi) is 7.14. The molecule has 0 saturated heterocycles.